The molecule has 0 radical (unpaired) electrons. The van der Waals surface area contributed by atoms with Gasteiger partial charge in [0.25, 0.3) is 5.91 Å². The fraction of sp³-hybridized carbons (Fsp3) is 0.636. The molecule has 0 aromatic heterocycles. The lowest BCUT2D eigenvalue weighted by molar-refractivity contribution is -0.132. The van der Waals surface area contributed by atoms with Crippen LogP contribution in [0.2, 0.25) is 10.0 Å². The predicted molar refractivity (Wildman–Crippen MR) is 117 cm³/mol. The van der Waals surface area contributed by atoms with E-state index in [1.54, 1.807) is 18.2 Å². The summed E-state index contributed by atoms with van der Waals surface area (Å²) in [5.41, 5.74) is 0.413. The molecule has 3 atom stereocenters. The van der Waals surface area contributed by atoms with Crippen LogP contribution < -0.4 is 10.6 Å². The lowest BCUT2D eigenvalue weighted by Crippen LogP contribution is -2.52. The Labute approximate surface area is 187 Å². The molecule has 6 nitrogen and oxygen atoms in total. The molecule has 166 valence electrons. The third-order valence-corrected chi connectivity index (χ3v) is 6.41. The van der Waals surface area contributed by atoms with Crippen molar-refractivity contribution in [2.45, 2.75) is 69.6 Å². The van der Waals surface area contributed by atoms with Crippen molar-refractivity contribution in [1.29, 1.82) is 0 Å². The minimum Gasteiger partial charge on any atom is -0.394 e. The van der Waals surface area contributed by atoms with Crippen molar-refractivity contribution in [2.75, 3.05) is 13.2 Å². The van der Waals surface area contributed by atoms with Gasteiger partial charge >= 0.3 is 0 Å². The van der Waals surface area contributed by atoms with Crippen molar-refractivity contribution < 1.29 is 19.4 Å². The van der Waals surface area contributed by atoms with Gasteiger partial charge in [0.05, 0.1) is 18.8 Å². The van der Waals surface area contributed by atoms with E-state index in [1.165, 1.54) is 6.42 Å². The molecule has 3 N–H and O–H groups in total. The smallest absolute Gasteiger partial charge is 0.251 e. The summed E-state index contributed by atoms with van der Waals surface area (Å²) in [5, 5.41) is 16.5. The highest BCUT2D eigenvalue weighted by atomic mass is 35.5. The Morgan fingerprint density at radius 1 is 1.03 bits per heavy atom. The SMILES string of the molecule is O=C(NCC[C@@H]1CC[C@@H](NC(=O)C2CCCCC2)[C@@H](CO)O1)c1cc(Cl)cc(Cl)c1. The number of nitrogens with one attached hydrogen (secondary N) is 2. The van der Waals surface area contributed by atoms with Gasteiger partial charge in [-0.25, -0.2) is 0 Å². The second kappa shape index (κ2) is 11.3. The molecular formula is C22H30Cl2N2O4. The van der Waals surface area contributed by atoms with Crippen molar-refractivity contribution in [1.82, 2.24) is 10.6 Å². The van der Waals surface area contributed by atoms with Gasteiger partial charge in [-0.1, -0.05) is 42.5 Å². The van der Waals surface area contributed by atoms with Crippen LogP contribution in [0.4, 0.5) is 0 Å². The van der Waals surface area contributed by atoms with Gasteiger partial charge in [0.2, 0.25) is 5.91 Å². The zero-order chi connectivity index (χ0) is 21.5. The second-order valence-electron chi connectivity index (χ2n) is 8.21. The Hall–Kier alpha value is -1.34. The third-order valence-electron chi connectivity index (χ3n) is 5.98. The monoisotopic (exact) mass is 456 g/mol. The van der Waals surface area contributed by atoms with Crippen LogP contribution in [0.1, 0.15) is 61.7 Å². The first-order valence-corrected chi connectivity index (χ1v) is 11.5. The number of amides is 2. The van der Waals surface area contributed by atoms with E-state index in [1.807, 2.05) is 0 Å². The van der Waals surface area contributed by atoms with Crippen LogP contribution in [0.25, 0.3) is 0 Å². The molecule has 1 saturated carbocycles. The summed E-state index contributed by atoms with van der Waals surface area (Å²) >= 11 is 11.9. The van der Waals surface area contributed by atoms with Crippen molar-refractivity contribution >= 4 is 35.0 Å². The normalized spacial score (nSPS) is 25.0. The highest BCUT2D eigenvalue weighted by Gasteiger charge is 2.33. The molecule has 2 amide bonds. The van der Waals surface area contributed by atoms with Gasteiger partial charge in [-0.3, -0.25) is 9.59 Å². The van der Waals surface area contributed by atoms with E-state index in [-0.39, 0.29) is 36.5 Å². The first-order valence-electron chi connectivity index (χ1n) is 10.8. The van der Waals surface area contributed by atoms with Crippen LogP contribution in [0.15, 0.2) is 18.2 Å². The Kier molecular flexibility index (Phi) is 8.81. The molecule has 1 aromatic carbocycles. The molecule has 1 aliphatic heterocycles. The maximum absolute atomic E-state index is 12.5. The Bertz CT molecular complexity index is 720. The molecule has 2 aliphatic rings. The van der Waals surface area contributed by atoms with E-state index in [4.69, 9.17) is 27.9 Å². The summed E-state index contributed by atoms with van der Waals surface area (Å²) < 4.78 is 6.00. The topological polar surface area (TPSA) is 87.7 Å². The number of hydrogen-bond donors (Lipinski definition) is 3. The predicted octanol–water partition coefficient (Wildman–Crippen LogP) is 3.72. The molecule has 2 fully saturated rings. The quantitative estimate of drug-likeness (QED) is 0.583. The van der Waals surface area contributed by atoms with E-state index >= 15 is 0 Å². The number of halogens is 2. The number of ether oxygens (including phenoxy) is 1. The van der Waals surface area contributed by atoms with Gasteiger partial charge in [0.1, 0.15) is 6.10 Å². The number of hydrogen-bond acceptors (Lipinski definition) is 4. The summed E-state index contributed by atoms with van der Waals surface area (Å²) in [4.78, 5) is 24.8. The number of carbonyl (C=O) groups is 2. The number of aliphatic hydroxyl groups excluding tert-OH is 1. The summed E-state index contributed by atoms with van der Waals surface area (Å²) in [5.74, 6) is -0.0646. The van der Waals surface area contributed by atoms with Gasteiger partial charge in [0.15, 0.2) is 0 Å². The maximum atomic E-state index is 12.5. The molecule has 1 saturated heterocycles. The fourth-order valence-electron chi connectivity index (χ4n) is 4.31. The summed E-state index contributed by atoms with van der Waals surface area (Å²) in [6, 6.07) is 4.56. The summed E-state index contributed by atoms with van der Waals surface area (Å²) in [6.07, 6.45) is 6.98. The van der Waals surface area contributed by atoms with Gasteiger partial charge < -0.3 is 20.5 Å². The van der Waals surface area contributed by atoms with Crippen LogP contribution in [-0.2, 0) is 9.53 Å². The van der Waals surface area contributed by atoms with Crippen LogP contribution in [0.3, 0.4) is 0 Å². The Morgan fingerprint density at radius 2 is 1.73 bits per heavy atom. The highest BCUT2D eigenvalue weighted by Crippen LogP contribution is 2.26. The summed E-state index contributed by atoms with van der Waals surface area (Å²) in [7, 11) is 0. The van der Waals surface area contributed by atoms with Crippen molar-refractivity contribution in [3.8, 4) is 0 Å². The lowest BCUT2D eigenvalue weighted by Gasteiger charge is -2.37. The molecule has 3 rings (SSSR count). The average molecular weight is 457 g/mol. The van der Waals surface area contributed by atoms with E-state index in [9.17, 15) is 14.7 Å². The fourth-order valence-corrected chi connectivity index (χ4v) is 4.83. The number of benzene rings is 1. The number of aliphatic hydroxyl groups is 1. The Balaban J connectivity index is 1.43. The molecule has 0 spiro atoms. The zero-order valence-corrected chi connectivity index (χ0v) is 18.6. The van der Waals surface area contributed by atoms with E-state index in [0.29, 0.717) is 28.6 Å². The van der Waals surface area contributed by atoms with Gasteiger partial charge in [-0.2, -0.15) is 0 Å². The lowest BCUT2D eigenvalue weighted by atomic mass is 9.88. The number of carbonyl (C=O) groups excluding carboxylic acids is 2. The molecular weight excluding hydrogens is 427 g/mol. The van der Waals surface area contributed by atoms with Gasteiger partial charge in [-0.15, -0.1) is 0 Å². The van der Waals surface area contributed by atoms with Crippen molar-refractivity contribution in [2.24, 2.45) is 5.92 Å². The zero-order valence-electron chi connectivity index (χ0n) is 17.0. The maximum Gasteiger partial charge on any atom is 0.251 e. The Morgan fingerprint density at radius 3 is 2.40 bits per heavy atom. The minimum atomic E-state index is -0.418. The van der Waals surface area contributed by atoms with Crippen LogP contribution >= 0.6 is 23.2 Å². The average Bonchev–Trinajstić information content (AvgIpc) is 2.74. The molecule has 0 unspecified atom stereocenters. The molecule has 1 aromatic rings. The van der Waals surface area contributed by atoms with Gasteiger partial charge in [-0.05, 0) is 50.3 Å². The molecule has 0 bridgehead atoms. The van der Waals surface area contributed by atoms with E-state index in [2.05, 4.69) is 10.6 Å². The van der Waals surface area contributed by atoms with Gasteiger partial charge in [0, 0.05) is 28.1 Å². The second-order valence-corrected chi connectivity index (χ2v) is 9.08. The molecule has 30 heavy (non-hydrogen) atoms. The molecule has 1 aliphatic carbocycles. The van der Waals surface area contributed by atoms with Crippen molar-refractivity contribution in [3.63, 3.8) is 0 Å². The summed E-state index contributed by atoms with van der Waals surface area (Å²) in [6.45, 7) is 0.296. The standard InChI is InChI=1S/C22H30Cl2N2O4/c23-16-10-15(11-17(24)12-16)21(28)25-9-8-18-6-7-19(20(13-27)30-18)26-22(29)14-4-2-1-3-5-14/h10-12,14,18-20,27H,1-9,13H2,(H,25,28)(H,26,29)/t18-,19+,20+/m0/s1. The molecule has 1 heterocycles. The third kappa shape index (κ3) is 6.58. The largest absolute Gasteiger partial charge is 0.394 e. The van der Waals surface area contributed by atoms with Crippen LogP contribution in [0, 0.1) is 5.92 Å². The highest BCUT2D eigenvalue weighted by molar-refractivity contribution is 6.35. The van der Waals surface area contributed by atoms with Crippen LogP contribution in [0.5, 0.6) is 0 Å². The molecule has 8 heteroatoms. The number of rotatable bonds is 7. The minimum absolute atomic E-state index is 0.0757. The first kappa shape index (κ1) is 23.3. The van der Waals surface area contributed by atoms with Crippen molar-refractivity contribution in [3.05, 3.63) is 33.8 Å². The van der Waals surface area contributed by atoms with E-state index < -0.39 is 6.10 Å². The first-order chi connectivity index (χ1) is 14.5. The van der Waals surface area contributed by atoms with E-state index in [0.717, 1.165) is 38.5 Å². The van der Waals surface area contributed by atoms with Crippen LogP contribution in [-0.4, -0.2) is 48.3 Å².